The van der Waals surface area contributed by atoms with Gasteiger partial charge in [-0.05, 0) is 17.5 Å². The largest absolute Gasteiger partial charge is 0.479 e. The van der Waals surface area contributed by atoms with E-state index in [-0.39, 0.29) is 6.54 Å². The molecule has 0 fully saturated rings. The van der Waals surface area contributed by atoms with Crippen LogP contribution in [0.3, 0.4) is 0 Å². The molecule has 1 aromatic rings. The number of amides is 2. The molecule has 0 aliphatic carbocycles. The van der Waals surface area contributed by atoms with Crippen LogP contribution < -0.4 is 10.6 Å². The van der Waals surface area contributed by atoms with Gasteiger partial charge in [0.05, 0.1) is 6.54 Å². The van der Waals surface area contributed by atoms with Crippen LogP contribution in [0.1, 0.15) is 18.1 Å². The maximum absolute atomic E-state index is 11.3. The minimum Gasteiger partial charge on any atom is -0.479 e. The van der Waals surface area contributed by atoms with Crippen LogP contribution in [0.2, 0.25) is 0 Å². The monoisotopic (exact) mass is 266 g/mol. The summed E-state index contributed by atoms with van der Waals surface area (Å²) in [7, 11) is 0. The number of benzene rings is 1. The van der Waals surface area contributed by atoms with Gasteiger partial charge in [-0.15, -0.1) is 0 Å². The number of aliphatic hydroxyl groups is 1. The minimum absolute atomic E-state index is 0.323. The number of carbonyl (C=O) groups is 2. The van der Waals surface area contributed by atoms with Crippen molar-refractivity contribution in [3.8, 4) is 0 Å². The van der Waals surface area contributed by atoms with Gasteiger partial charge in [-0.3, -0.25) is 0 Å². The summed E-state index contributed by atoms with van der Waals surface area (Å²) >= 11 is 0. The van der Waals surface area contributed by atoms with Crippen molar-refractivity contribution < 1.29 is 19.8 Å². The normalized spacial score (nSPS) is 11.7. The molecule has 0 aromatic heterocycles. The number of aliphatic hydroxyl groups excluding tert-OH is 1. The summed E-state index contributed by atoms with van der Waals surface area (Å²) in [6.45, 7) is 2.09. The van der Waals surface area contributed by atoms with Crippen LogP contribution in [0.5, 0.6) is 0 Å². The van der Waals surface area contributed by atoms with E-state index in [9.17, 15) is 9.59 Å². The SMILES string of the molecule is CCc1ccc(CNC(=O)NCC(O)C(=O)O)cc1. The van der Waals surface area contributed by atoms with Crippen LogP contribution >= 0.6 is 0 Å². The van der Waals surface area contributed by atoms with Gasteiger partial charge < -0.3 is 20.8 Å². The van der Waals surface area contributed by atoms with Crippen LogP contribution in [0.25, 0.3) is 0 Å². The third-order valence-corrected chi connectivity index (χ3v) is 2.63. The number of hydrogen-bond acceptors (Lipinski definition) is 3. The first kappa shape index (κ1) is 15.0. The topological polar surface area (TPSA) is 98.7 Å². The molecule has 104 valence electrons. The fourth-order valence-electron chi connectivity index (χ4n) is 1.41. The van der Waals surface area contributed by atoms with E-state index < -0.39 is 18.1 Å². The first-order chi connectivity index (χ1) is 9.02. The van der Waals surface area contributed by atoms with E-state index in [2.05, 4.69) is 17.6 Å². The number of carboxylic acids is 1. The van der Waals surface area contributed by atoms with Gasteiger partial charge in [0.2, 0.25) is 0 Å². The Morgan fingerprint density at radius 2 is 1.74 bits per heavy atom. The highest BCUT2D eigenvalue weighted by Gasteiger charge is 2.13. The highest BCUT2D eigenvalue weighted by Crippen LogP contribution is 2.04. The fourth-order valence-corrected chi connectivity index (χ4v) is 1.41. The zero-order valence-electron chi connectivity index (χ0n) is 10.7. The average molecular weight is 266 g/mol. The summed E-state index contributed by atoms with van der Waals surface area (Å²) in [5, 5.41) is 22.3. The second kappa shape index (κ2) is 7.38. The zero-order valence-corrected chi connectivity index (χ0v) is 10.7. The van der Waals surface area contributed by atoms with Gasteiger partial charge in [0.1, 0.15) is 0 Å². The van der Waals surface area contributed by atoms with Crippen molar-refractivity contribution in [3.05, 3.63) is 35.4 Å². The summed E-state index contributed by atoms with van der Waals surface area (Å²) in [4.78, 5) is 21.7. The highest BCUT2D eigenvalue weighted by atomic mass is 16.4. The molecule has 0 aliphatic rings. The Kier molecular flexibility index (Phi) is 5.81. The van der Waals surface area contributed by atoms with Crippen LogP contribution in [0, 0.1) is 0 Å². The zero-order chi connectivity index (χ0) is 14.3. The van der Waals surface area contributed by atoms with E-state index in [4.69, 9.17) is 10.2 Å². The number of rotatable bonds is 6. The second-order valence-corrected chi connectivity index (χ2v) is 4.09. The Bertz CT molecular complexity index is 431. The summed E-state index contributed by atoms with van der Waals surface area (Å²) in [5.74, 6) is -1.37. The average Bonchev–Trinajstić information content (AvgIpc) is 2.42. The second-order valence-electron chi connectivity index (χ2n) is 4.09. The molecule has 0 spiro atoms. The van der Waals surface area contributed by atoms with Gasteiger partial charge in [0.25, 0.3) is 0 Å². The number of carbonyl (C=O) groups excluding carboxylic acids is 1. The molecule has 0 aliphatic heterocycles. The maximum Gasteiger partial charge on any atom is 0.334 e. The number of nitrogens with one attached hydrogen (secondary N) is 2. The lowest BCUT2D eigenvalue weighted by molar-refractivity contribution is -0.146. The molecule has 6 heteroatoms. The molecule has 0 saturated carbocycles. The quantitative estimate of drug-likeness (QED) is 0.602. The van der Waals surface area contributed by atoms with Crippen molar-refractivity contribution in [2.75, 3.05) is 6.54 Å². The van der Waals surface area contributed by atoms with Gasteiger partial charge >= 0.3 is 12.0 Å². The molecule has 0 saturated heterocycles. The first-order valence-electron chi connectivity index (χ1n) is 6.03. The maximum atomic E-state index is 11.3. The summed E-state index contributed by atoms with van der Waals surface area (Å²) in [6, 6.07) is 7.31. The predicted octanol–water partition coefficient (Wildman–Crippen LogP) is 0.494. The minimum atomic E-state index is -1.59. The van der Waals surface area contributed by atoms with E-state index in [0.717, 1.165) is 12.0 Å². The van der Waals surface area contributed by atoms with Crippen molar-refractivity contribution in [2.45, 2.75) is 26.0 Å². The van der Waals surface area contributed by atoms with Gasteiger partial charge in [-0.25, -0.2) is 9.59 Å². The third-order valence-electron chi connectivity index (χ3n) is 2.63. The summed E-state index contributed by atoms with van der Waals surface area (Å²) in [6.07, 6.45) is -0.629. The molecule has 6 nitrogen and oxygen atoms in total. The molecule has 1 atom stereocenters. The van der Waals surface area contributed by atoms with Crippen LogP contribution in [0.15, 0.2) is 24.3 Å². The van der Waals surface area contributed by atoms with E-state index in [1.54, 1.807) is 0 Å². The van der Waals surface area contributed by atoms with E-state index in [1.807, 2.05) is 24.3 Å². The van der Waals surface area contributed by atoms with E-state index >= 15 is 0 Å². The number of carboxylic acid groups (broad SMARTS) is 1. The van der Waals surface area contributed by atoms with Crippen molar-refractivity contribution in [1.29, 1.82) is 0 Å². The molecule has 2 amide bonds. The molecule has 0 radical (unpaired) electrons. The molecular weight excluding hydrogens is 248 g/mol. The fraction of sp³-hybridized carbons (Fsp3) is 0.385. The molecule has 1 unspecified atom stereocenters. The number of aliphatic carboxylic acids is 1. The van der Waals surface area contributed by atoms with Gasteiger partial charge in [0.15, 0.2) is 6.10 Å². The Hall–Kier alpha value is -2.08. The Morgan fingerprint density at radius 3 is 2.26 bits per heavy atom. The molecule has 1 rings (SSSR count). The van der Waals surface area contributed by atoms with E-state index in [0.29, 0.717) is 6.54 Å². The van der Waals surface area contributed by atoms with Gasteiger partial charge in [0, 0.05) is 6.54 Å². The Balaban J connectivity index is 2.31. The lowest BCUT2D eigenvalue weighted by Gasteiger charge is -2.09. The van der Waals surface area contributed by atoms with Gasteiger partial charge in [-0.2, -0.15) is 0 Å². The predicted molar refractivity (Wildman–Crippen MR) is 69.7 cm³/mol. The van der Waals surface area contributed by atoms with Crippen LogP contribution in [-0.4, -0.2) is 34.9 Å². The molecular formula is C13H18N2O4. The highest BCUT2D eigenvalue weighted by molar-refractivity contribution is 5.76. The molecule has 0 bridgehead atoms. The first-order valence-corrected chi connectivity index (χ1v) is 6.03. The van der Waals surface area contributed by atoms with Crippen LogP contribution in [0.4, 0.5) is 4.79 Å². The molecule has 0 heterocycles. The lowest BCUT2D eigenvalue weighted by Crippen LogP contribution is -2.41. The third kappa shape index (κ3) is 5.39. The smallest absolute Gasteiger partial charge is 0.334 e. The lowest BCUT2D eigenvalue weighted by atomic mass is 10.1. The van der Waals surface area contributed by atoms with Crippen molar-refractivity contribution in [2.24, 2.45) is 0 Å². The van der Waals surface area contributed by atoms with Gasteiger partial charge in [-0.1, -0.05) is 31.2 Å². The molecule has 4 N–H and O–H groups in total. The number of hydrogen-bond donors (Lipinski definition) is 4. The number of aryl methyl sites for hydroxylation is 1. The summed E-state index contributed by atoms with van der Waals surface area (Å²) in [5.41, 5.74) is 2.17. The number of urea groups is 1. The Morgan fingerprint density at radius 1 is 1.16 bits per heavy atom. The molecule has 1 aromatic carbocycles. The van der Waals surface area contributed by atoms with Crippen molar-refractivity contribution in [3.63, 3.8) is 0 Å². The van der Waals surface area contributed by atoms with Crippen molar-refractivity contribution in [1.82, 2.24) is 10.6 Å². The Labute approximate surface area is 111 Å². The van der Waals surface area contributed by atoms with E-state index in [1.165, 1.54) is 5.56 Å². The standard InChI is InChI=1S/C13H18N2O4/c1-2-9-3-5-10(6-4-9)7-14-13(19)15-8-11(16)12(17)18/h3-6,11,16H,2,7-8H2,1H3,(H,17,18)(H2,14,15,19). The van der Waals surface area contributed by atoms with Crippen LogP contribution in [-0.2, 0) is 17.8 Å². The summed E-state index contributed by atoms with van der Waals surface area (Å²) < 4.78 is 0. The van der Waals surface area contributed by atoms with Crippen molar-refractivity contribution >= 4 is 12.0 Å². The molecule has 19 heavy (non-hydrogen) atoms.